The molecule has 1 aromatic carbocycles. The maximum atomic E-state index is 14.3. The summed E-state index contributed by atoms with van der Waals surface area (Å²) < 4.78 is 40.7. The minimum Gasteiger partial charge on any atom is -0.339 e. The van der Waals surface area contributed by atoms with Gasteiger partial charge in [0.1, 0.15) is 5.82 Å². The first kappa shape index (κ1) is 16.4. The first-order valence-electron chi connectivity index (χ1n) is 7.80. The second-order valence-electron chi connectivity index (χ2n) is 5.80. The zero-order chi connectivity index (χ0) is 16.4. The number of hydrogen-bond donors (Lipinski definition) is 1. The molecular weight excluding hydrogens is 321 g/mol. The predicted octanol–water partition coefficient (Wildman–Crippen LogP) is 0.656. The molecule has 0 radical (unpaired) electrons. The van der Waals surface area contributed by atoms with Gasteiger partial charge in [-0.25, -0.2) is 12.8 Å². The number of carbonyl (C=O) groups is 1. The van der Waals surface area contributed by atoms with Crippen LogP contribution in [0.3, 0.4) is 0 Å². The van der Waals surface area contributed by atoms with Gasteiger partial charge >= 0.3 is 0 Å². The number of benzene rings is 1. The second-order valence-corrected chi connectivity index (χ2v) is 7.73. The van der Waals surface area contributed by atoms with E-state index in [0.29, 0.717) is 39.3 Å². The average molecular weight is 341 g/mol. The van der Waals surface area contributed by atoms with Crippen molar-refractivity contribution in [3.8, 4) is 0 Å². The Kier molecular flexibility index (Phi) is 4.65. The summed E-state index contributed by atoms with van der Waals surface area (Å²) in [5.41, 5.74) is -0.0637. The molecule has 3 rings (SSSR count). The van der Waals surface area contributed by atoms with Gasteiger partial charge in [0, 0.05) is 39.3 Å². The van der Waals surface area contributed by atoms with Crippen molar-refractivity contribution in [3.05, 3.63) is 29.6 Å². The first-order chi connectivity index (χ1) is 11.0. The molecule has 2 aliphatic heterocycles. The van der Waals surface area contributed by atoms with Crippen LogP contribution in [0.15, 0.2) is 23.1 Å². The van der Waals surface area contributed by atoms with Crippen LogP contribution in [0.2, 0.25) is 0 Å². The fourth-order valence-electron chi connectivity index (χ4n) is 2.95. The number of piperazine rings is 1. The van der Waals surface area contributed by atoms with Gasteiger partial charge in [0.25, 0.3) is 5.91 Å². The van der Waals surface area contributed by atoms with E-state index in [0.717, 1.165) is 18.9 Å². The Hall–Kier alpha value is -1.51. The molecule has 126 valence electrons. The largest absolute Gasteiger partial charge is 0.339 e. The topological polar surface area (TPSA) is 69.7 Å². The second kappa shape index (κ2) is 6.54. The Labute approximate surface area is 135 Å². The van der Waals surface area contributed by atoms with Crippen LogP contribution in [0.5, 0.6) is 0 Å². The van der Waals surface area contributed by atoms with Crippen LogP contribution >= 0.6 is 0 Å². The molecule has 2 saturated heterocycles. The van der Waals surface area contributed by atoms with Crippen molar-refractivity contribution >= 4 is 15.9 Å². The fraction of sp³-hybridized carbons (Fsp3) is 0.533. The van der Waals surface area contributed by atoms with Crippen molar-refractivity contribution < 1.29 is 17.6 Å². The highest BCUT2D eigenvalue weighted by atomic mass is 32.2. The molecule has 0 aromatic heterocycles. The molecule has 6 nitrogen and oxygen atoms in total. The number of likely N-dealkylation sites (tertiary alicyclic amines) is 1. The van der Waals surface area contributed by atoms with Gasteiger partial charge in [-0.3, -0.25) is 4.79 Å². The number of hydrogen-bond acceptors (Lipinski definition) is 4. The van der Waals surface area contributed by atoms with E-state index in [2.05, 4.69) is 5.32 Å². The lowest BCUT2D eigenvalue weighted by molar-refractivity contribution is 0.0788. The highest BCUT2D eigenvalue weighted by molar-refractivity contribution is 7.89. The highest BCUT2D eigenvalue weighted by Gasteiger charge is 2.28. The number of rotatable bonds is 3. The lowest BCUT2D eigenvalue weighted by atomic mass is 10.2. The molecule has 1 N–H and O–H groups in total. The number of halogens is 1. The van der Waals surface area contributed by atoms with Crippen molar-refractivity contribution in [2.45, 2.75) is 17.7 Å². The zero-order valence-electron chi connectivity index (χ0n) is 12.8. The minimum absolute atomic E-state index is 0.0637. The number of nitrogens with zero attached hydrogens (tertiary/aromatic N) is 2. The molecule has 0 unspecified atom stereocenters. The Morgan fingerprint density at radius 3 is 2.35 bits per heavy atom. The molecule has 2 aliphatic rings. The van der Waals surface area contributed by atoms with E-state index in [-0.39, 0.29) is 16.4 Å². The highest BCUT2D eigenvalue weighted by Crippen LogP contribution is 2.21. The fourth-order valence-corrected chi connectivity index (χ4v) is 4.41. The SMILES string of the molecule is O=C(c1ccc(S(=O)(=O)N2CCNCC2)cc1F)N1CCCC1. The van der Waals surface area contributed by atoms with Gasteiger partial charge in [0.05, 0.1) is 10.5 Å². The molecule has 0 spiro atoms. The van der Waals surface area contributed by atoms with Crippen LogP contribution in [-0.4, -0.2) is 62.8 Å². The number of nitrogens with one attached hydrogen (secondary N) is 1. The molecule has 1 amide bonds. The van der Waals surface area contributed by atoms with E-state index >= 15 is 0 Å². The van der Waals surface area contributed by atoms with Crippen LogP contribution in [0.4, 0.5) is 4.39 Å². The third-order valence-corrected chi connectivity index (χ3v) is 6.17. The van der Waals surface area contributed by atoms with E-state index in [9.17, 15) is 17.6 Å². The first-order valence-corrected chi connectivity index (χ1v) is 9.24. The van der Waals surface area contributed by atoms with Gasteiger partial charge in [-0.1, -0.05) is 0 Å². The summed E-state index contributed by atoms with van der Waals surface area (Å²) in [6.07, 6.45) is 1.84. The van der Waals surface area contributed by atoms with Crippen molar-refractivity contribution in [1.29, 1.82) is 0 Å². The normalized spacial score (nSPS) is 20.0. The molecule has 2 heterocycles. The van der Waals surface area contributed by atoms with Crippen LogP contribution in [0, 0.1) is 5.82 Å². The Morgan fingerprint density at radius 2 is 1.74 bits per heavy atom. The average Bonchev–Trinajstić information content (AvgIpc) is 3.09. The van der Waals surface area contributed by atoms with E-state index in [1.807, 2.05) is 0 Å². The quantitative estimate of drug-likeness (QED) is 0.877. The van der Waals surface area contributed by atoms with E-state index in [4.69, 9.17) is 0 Å². The van der Waals surface area contributed by atoms with E-state index in [1.165, 1.54) is 16.4 Å². The molecule has 0 atom stereocenters. The monoisotopic (exact) mass is 341 g/mol. The lowest BCUT2D eigenvalue weighted by Gasteiger charge is -2.26. The van der Waals surface area contributed by atoms with Gasteiger partial charge < -0.3 is 10.2 Å². The Morgan fingerprint density at radius 1 is 1.09 bits per heavy atom. The van der Waals surface area contributed by atoms with Gasteiger partial charge in [0.2, 0.25) is 10.0 Å². The molecule has 0 saturated carbocycles. The maximum absolute atomic E-state index is 14.3. The van der Waals surface area contributed by atoms with Crippen LogP contribution in [0.25, 0.3) is 0 Å². The van der Waals surface area contributed by atoms with E-state index in [1.54, 1.807) is 4.90 Å². The molecule has 1 aromatic rings. The van der Waals surface area contributed by atoms with Gasteiger partial charge in [-0.15, -0.1) is 0 Å². The smallest absolute Gasteiger partial charge is 0.256 e. The summed E-state index contributed by atoms with van der Waals surface area (Å²) in [6, 6.07) is 3.56. The summed E-state index contributed by atoms with van der Waals surface area (Å²) >= 11 is 0. The Balaban J connectivity index is 1.85. The zero-order valence-corrected chi connectivity index (χ0v) is 13.6. The van der Waals surface area contributed by atoms with Crippen LogP contribution < -0.4 is 5.32 Å². The third kappa shape index (κ3) is 3.24. The van der Waals surface area contributed by atoms with Crippen LogP contribution in [-0.2, 0) is 10.0 Å². The Bertz CT molecular complexity index is 696. The molecule has 23 heavy (non-hydrogen) atoms. The van der Waals surface area contributed by atoms with Gasteiger partial charge in [0.15, 0.2) is 0 Å². The predicted molar refractivity (Wildman–Crippen MR) is 83.2 cm³/mol. The molecule has 0 aliphatic carbocycles. The summed E-state index contributed by atoms with van der Waals surface area (Å²) in [4.78, 5) is 13.7. The van der Waals surface area contributed by atoms with Gasteiger partial charge in [-0.05, 0) is 31.0 Å². The van der Waals surface area contributed by atoms with Gasteiger partial charge in [-0.2, -0.15) is 4.31 Å². The van der Waals surface area contributed by atoms with E-state index < -0.39 is 15.8 Å². The van der Waals surface area contributed by atoms with Crippen molar-refractivity contribution in [2.75, 3.05) is 39.3 Å². The summed E-state index contributed by atoms with van der Waals surface area (Å²) in [5, 5.41) is 3.07. The third-order valence-electron chi connectivity index (χ3n) is 4.28. The minimum atomic E-state index is -3.72. The maximum Gasteiger partial charge on any atom is 0.256 e. The van der Waals surface area contributed by atoms with Crippen molar-refractivity contribution in [3.63, 3.8) is 0 Å². The molecule has 2 fully saturated rings. The lowest BCUT2D eigenvalue weighted by Crippen LogP contribution is -2.46. The van der Waals surface area contributed by atoms with Crippen LogP contribution in [0.1, 0.15) is 23.2 Å². The molecule has 8 heteroatoms. The number of carbonyl (C=O) groups excluding carboxylic acids is 1. The number of amides is 1. The van der Waals surface area contributed by atoms with Crippen molar-refractivity contribution in [2.24, 2.45) is 0 Å². The summed E-state index contributed by atoms with van der Waals surface area (Å²) in [5.74, 6) is -1.15. The summed E-state index contributed by atoms with van der Waals surface area (Å²) in [6.45, 7) is 3.12. The standard InChI is InChI=1S/C15H20FN3O3S/c16-14-11-12(23(21,22)19-9-5-17-6-10-19)3-4-13(14)15(20)18-7-1-2-8-18/h3-4,11,17H,1-2,5-10H2. The summed E-state index contributed by atoms with van der Waals surface area (Å²) in [7, 11) is -3.72. The molecular formula is C15H20FN3O3S. The number of sulfonamides is 1. The molecule has 0 bridgehead atoms. The van der Waals surface area contributed by atoms with Crippen molar-refractivity contribution in [1.82, 2.24) is 14.5 Å².